The van der Waals surface area contributed by atoms with Gasteiger partial charge in [-0.2, -0.15) is 0 Å². The fraction of sp³-hybridized carbons (Fsp3) is 0.375. The number of amides is 1. The minimum atomic E-state index is -0.179. The van der Waals surface area contributed by atoms with Crippen LogP contribution in [0.25, 0.3) is 10.9 Å². The quantitative estimate of drug-likeness (QED) is 0.638. The van der Waals surface area contributed by atoms with Crippen molar-refractivity contribution in [1.82, 2.24) is 14.5 Å². The van der Waals surface area contributed by atoms with Gasteiger partial charge in [0.2, 0.25) is 5.91 Å². The minimum absolute atomic E-state index is 0.0463. The molecule has 0 spiro atoms. The third-order valence-corrected chi connectivity index (χ3v) is 6.36. The number of nitrogens with zero attached hydrogens (tertiary/aromatic N) is 3. The summed E-state index contributed by atoms with van der Waals surface area (Å²) >= 11 is 5.99. The lowest BCUT2D eigenvalue weighted by molar-refractivity contribution is -0.133. The Kier molecular flexibility index (Phi) is 6.68. The van der Waals surface area contributed by atoms with Gasteiger partial charge < -0.3 is 10.0 Å². The first kappa shape index (κ1) is 21.5. The molecular weight excluding hydrogens is 414 g/mol. The largest absolute Gasteiger partial charge is 0.396 e. The predicted molar refractivity (Wildman–Crippen MR) is 121 cm³/mol. The number of carbonyl (C=O) groups is 1. The van der Waals surface area contributed by atoms with Gasteiger partial charge in [-0.3, -0.25) is 14.2 Å². The topological polar surface area (TPSA) is 75.4 Å². The van der Waals surface area contributed by atoms with Gasteiger partial charge in [-0.1, -0.05) is 41.9 Å². The highest BCUT2D eigenvalue weighted by Gasteiger charge is 2.25. The second kappa shape index (κ2) is 9.62. The molecule has 1 saturated heterocycles. The van der Waals surface area contributed by atoms with Crippen molar-refractivity contribution in [3.63, 3.8) is 0 Å². The number of aliphatic hydroxyl groups is 1. The lowest BCUT2D eigenvalue weighted by Crippen LogP contribution is -2.40. The van der Waals surface area contributed by atoms with Crippen molar-refractivity contribution in [3.8, 4) is 0 Å². The number of fused-ring (bicyclic) bond motifs is 1. The Bertz CT molecular complexity index is 1110. The Hall–Kier alpha value is -2.70. The molecule has 0 aliphatic carbocycles. The predicted octanol–water partition coefficient (Wildman–Crippen LogP) is 3.45. The lowest BCUT2D eigenvalue weighted by Gasteiger charge is -2.33. The summed E-state index contributed by atoms with van der Waals surface area (Å²) in [7, 11) is 0. The second-order valence-corrected chi connectivity index (χ2v) is 8.62. The Morgan fingerprint density at radius 3 is 2.61 bits per heavy atom. The number of aromatic nitrogens is 2. The van der Waals surface area contributed by atoms with Crippen LogP contribution >= 0.6 is 11.6 Å². The summed E-state index contributed by atoms with van der Waals surface area (Å²) < 4.78 is 1.66. The summed E-state index contributed by atoms with van der Waals surface area (Å²) in [6.07, 6.45) is 3.57. The Morgan fingerprint density at radius 1 is 1.16 bits per heavy atom. The highest BCUT2D eigenvalue weighted by atomic mass is 35.5. The number of aliphatic hydroxyl groups excluding tert-OH is 1. The SMILES string of the molecule is O=C(C[C@H](CO)c1ccccc1)N1CCC(Cn2cnc3cc(Cl)ccc3c2=O)CC1. The normalized spacial score (nSPS) is 15.9. The number of carbonyl (C=O) groups excluding carboxylic acids is 1. The summed E-state index contributed by atoms with van der Waals surface area (Å²) in [6, 6.07) is 14.8. The number of halogens is 1. The Labute approximate surface area is 186 Å². The standard InChI is InChI=1S/C24H26ClN3O3/c25-20-6-7-21-22(13-20)26-16-28(24(21)31)14-17-8-10-27(11-9-17)23(30)12-19(15-29)18-4-2-1-3-5-18/h1-7,13,16-17,19,29H,8-12,14-15H2/t19-/m1/s1. The average Bonchev–Trinajstić information content (AvgIpc) is 2.80. The van der Waals surface area contributed by atoms with Crippen molar-refractivity contribution >= 4 is 28.4 Å². The van der Waals surface area contributed by atoms with Gasteiger partial charge in [0.1, 0.15) is 0 Å². The number of benzene rings is 2. The van der Waals surface area contributed by atoms with Crippen LogP contribution in [0.5, 0.6) is 0 Å². The van der Waals surface area contributed by atoms with Crippen LogP contribution in [0.4, 0.5) is 0 Å². The van der Waals surface area contributed by atoms with Gasteiger partial charge in [-0.15, -0.1) is 0 Å². The Balaban J connectivity index is 1.35. The van der Waals surface area contributed by atoms with Gasteiger partial charge >= 0.3 is 0 Å². The molecule has 1 N–H and O–H groups in total. The van der Waals surface area contributed by atoms with Crippen LogP contribution < -0.4 is 5.56 Å². The zero-order chi connectivity index (χ0) is 21.8. The van der Waals surface area contributed by atoms with E-state index in [4.69, 9.17) is 11.6 Å². The molecule has 3 aromatic rings. The molecule has 2 aromatic carbocycles. The minimum Gasteiger partial charge on any atom is -0.396 e. The van der Waals surface area contributed by atoms with Crippen molar-refractivity contribution in [2.75, 3.05) is 19.7 Å². The molecule has 0 radical (unpaired) electrons. The van der Waals surface area contributed by atoms with Gasteiger partial charge in [0, 0.05) is 37.0 Å². The van der Waals surface area contributed by atoms with Crippen LogP contribution in [0, 0.1) is 5.92 Å². The molecule has 1 amide bonds. The molecule has 1 aliphatic rings. The van der Waals surface area contributed by atoms with Crippen LogP contribution in [-0.4, -0.2) is 45.2 Å². The maximum atomic E-state index is 12.8. The van der Waals surface area contributed by atoms with Gasteiger partial charge in [0.05, 0.1) is 23.8 Å². The van der Waals surface area contributed by atoms with Crippen molar-refractivity contribution in [2.45, 2.75) is 31.7 Å². The zero-order valence-electron chi connectivity index (χ0n) is 17.3. The van der Waals surface area contributed by atoms with Crippen molar-refractivity contribution in [2.24, 2.45) is 5.92 Å². The van der Waals surface area contributed by atoms with E-state index in [2.05, 4.69) is 4.98 Å². The molecule has 162 valence electrons. The van der Waals surface area contributed by atoms with E-state index in [-0.39, 0.29) is 24.0 Å². The first-order valence-electron chi connectivity index (χ1n) is 10.6. The number of hydrogen-bond acceptors (Lipinski definition) is 4. The second-order valence-electron chi connectivity index (χ2n) is 8.18. The fourth-order valence-electron chi connectivity index (χ4n) is 4.26. The average molecular weight is 440 g/mol. The van der Waals surface area contributed by atoms with E-state index in [0.717, 1.165) is 18.4 Å². The van der Waals surface area contributed by atoms with Crippen LogP contribution in [0.15, 0.2) is 59.7 Å². The van der Waals surface area contributed by atoms with Gasteiger partial charge in [0.15, 0.2) is 0 Å². The van der Waals surface area contributed by atoms with E-state index in [9.17, 15) is 14.7 Å². The van der Waals surface area contributed by atoms with Gasteiger partial charge in [-0.25, -0.2) is 4.98 Å². The molecule has 7 heteroatoms. The van der Waals surface area contributed by atoms with E-state index < -0.39 is 0 Å². The van der Waals surface area contributed by atoms with Gasteiger partial charge in [-0.05, 0) is 42.5 Å². The molecule has 1 fully saturated rings. The summed E-state index contributed by atoms with van der Waals surface area (Å²) in [5.74, 6) is 0.209. The van der Waals surface area contributed by atoms with E-state index >= 15 is 0 Å². The van der Waals surface area contributed by atoms with E-state index in [1.807, 2.05) is 35.2 Å². The fourth-order valence-corrected chi connectivity index (χ4v) is 4.42. The van der Waals surface area contributed by atoms with Crippen LogP contribution in [0.2, 0.25) is 5.02 Å². The maximum absolute atomic E-state index is 12.8. The lowest BCUT2D eigenvalue weighted by atomic mass is 9.93. The van der Waals surface area contributed by atoms with Crippen molar-refractivity contribution in [1.29, 1.82) is 0 Å². The molecule has 31 heavy (non-hydrogen) atoms. The van der Waals surface area contributed by atoms with E-state index in [0.29, 0.717) is 47.9 Å². The molecule has 0 unspecified atom stereocenters. The van der Waals surface area contributed by atoms with Crippen molar-refractivity contribution in [3.05, 3.63) is 75.8 Å². The Morgan fingerprint density at radius 2 is 1.90 bits per heavy atom. The van der Waals surface area contributed by atoms with Gasteiger partial charge in [0.25, 0.3) is 5.56 Å². The van der Waals surface area contributed by atoms with Crippen LogP contribution in [0.1, 0.15) is 30.7 Å². The molecule has 1 aromatic heterocycles. The molecule has 1 aliphatic heterocycles. The number of hydrogen-bond donors (Lipinski definition) is 1. The van der Waals surface area contributed by atoms with Crippen LogP contribution in [0.3, 0.4) is 0 Å². The molecule has 0 bridgehead atoms. The van der Waals surface area contributed by atoms with Crippen LogP contribution in [-0.2, 0) is 11.3 Å². The first-order chi connectivity index (χ1) is 15.0. The summed E-state index contributed by atoms with van der Waals surface area (Å²) in [5.41, 5.74) is 1.53. The molecule has 1 atom stereocenters. The smallest absolute Gasteiger partial charge is 0.261 e. The molecule has 2 heterocycles. The van der Waals surface area contributed by atoms with E-state index in [1.165, 1.54) is 0 Å². The third kappa shape index (κ3) is 4.97. The number of rotatable bonds is 6. The number of likely N-dealkylation sites (tertiary alicyclic amines) is 1. The summed E-state index contributed by atoms with van der Waals surface area (Å²) in [6.45, 7) is 1.88. The molecule has 0 saturated carbocycles. The zero-order valence-corrected chi connectivity index (χ0v) is 18.0. The monoisotopic (exact) mass is 439 g/mol. The molecular formula is C24H26ClN3O3. The third-order valence-electron chi connectivity index (χ3n) is 6.12. The number of piperidine rings is 1. The summed E-state index contributed by atoms with van der Waals surface area (Å²) in [5, 5.41) is 10.9. The summed E-state index contributed by atoms with van der Waals surface area (Å²) in [4.78, 5) is 31.8. The highest BCUT2D eigenvalue weighted by molar-refractivity contribution is 6.31. The van der Waals surface area contributed by atoms with E-state index in [1.54, 1.807) is 29.1 Å². The maximum Gasteiger partial charge on any atom is 0.261 e. The molecule has 6 nitrogen and oxygen atoms in total. The first-order valence-corrected chi connectivity index (χ1v) is 11.0. The highest BCUT2D eigenvalue weighted by Crippen LogP contribution is 2.24. The van der Waals surface area contributed by atoms with Crippen molar-refractivity contribution < 1.29 is 9.90 Å². The molecule has 4 rings (SSSR count).